The van der Waals surface area contributed by atoms with Crippen molar-refractivity contribution < 1.29 is 4.79 Å². The van der Waals surface area contributed by atoms with Crippen LogP contribution in [0.25, 0.3) is 0 Å². The Morgan fingerprint density at radius 2 is 1.79 bits per heavy atom. The molecule has 3 heterocycles. The maximum Gasteiger partial charge on any atom is 0.236 e. The number of benzene rings is 1. The number of amides is 1. The molecule has 1 atom stereocenters. The average Bonchev–Trinajstić information content (AvgIpc) is 3.55. The molecule has 1 aliphatic carbocycles. The molecule has 1 aromatic carbocycles. The SMILES string of the molecule is CC(Sc1nnc(Cc2cccs2)n1C1CCCCC1)C(=O)N1CCN(c2ccccc2)CC1. The predicted octanol–water partition coefficient (Wildman–Crippen LogP) is 5.27. The highest BCUT2D eigenvalue weighted by Gasteiger charge is 2.29. The second-order valence-corrected chi connectivity index (χ2v) is 11.6. The van der Waals surface area contributed by atoms with Crippen LogP contribution in [0.15, 0.2) is 53.0 Å². The van der Waals surface area contributed by atoms with Crippen molar-refractivity contribution in [2.45, 2.75) is 61.9 Å². The van der Waals surface area contributed by atoms with Crippen molar-refractivity contribution in [2.75, 3.05) is 31.1 Å². The van der Waals surface area contributed by atoms with E-state index in [0.29, 0.717) is 6.04 Å². The predicted molar refractivity (Wildman–Crippen MR) is 140 cm³/mol. The summed E-state index contributed by atoms with van der Waals surface area (Å²) in [6.07, 6.45) is 6.98. The van der Waals surface area contributed by atoms with Crippen LogP contribution in [-0.2, 0) is 11.2 Å². The Bertz CT molecular complexity index is 1050. The van der Waals surface area contributed by atoms with E-state index in [9.17, 15) is 4.79 Å². The maximum atomic E-state index is 13.3. The van der Waals surface area contributed by atoms with E-state index in [1.807, 2.05) is 17.9 Å². The Labute approximate surface area is 210 Å². The zero-order valence-electron chi connectivity index (χ0n) is 19.8. The lowest BCUT2D eigenvalue weighted by Gasteiger charge is -2.37. The van der Waals surface area contributed by atoms with Gasteiger partial charge >= 0.3 is 0 Å². The highest BCUT2D eigenvalue weighted by molar-refractivity contribution is 8.00. The van der Waals surface area contributed by atoms with E-state index in [4.69, 9.17) is 0 Å². The van der Waals surface area contributed by atoms with Crippen LogP contribution in [-0.4, -0.2) is 57.0 Å². The number of hydrogen-bond donors (Lipinski definition) is 0. The fraction of sp³-hybridized carbons (Fsp3) is 0.500. The van der Waals surface area contributed by atoms with E-state index in [2.05, 4.69) is 61.4 Å². The summed E-state index contributed by atoms with van der Waals surface area (Å²) < 4.78 is 2.36. The summed E-state index contributed by atoms with van der Waals surface area (Å²) in [4.78, 5) is 19.0. The lowest BCUT2D eigenvalue weighted by Crippen LogP contribution is -2.50. The summed E-state index contributed by atoms with van der Waals surface area (Å²) in [5.74, 6) is 1.24. The minimum Gasteiger partial charge on any atom is -0.368 e. The maximum absolute atomic E-state index is 13.3. The Morgan fingerprint density at radius 1 is 1.03 bits per heavy atom. The first kappa shape index (κ1) is 23.4. The molecule has 8 heteroatoms. The van der Waals surface area contributed by atoms with Crippen LogP contribution in [0.4, 0.5) is 5.69 Å². The number of piperazine rings is 1. The van der Waals surface area contributed by atoms with Gasteiger partial charge in [0, 0.05) is 49.2 Å². The van der Waals surface area contributed by atoms with E-state index in [0.717, 1.165) is 43.6 Å². The van der Waals surface area contributed by atoms with Gasteiger partial charge in [-0.25, -0.2) is 0 Å². The summed E-state index contributed by atoms with van der Waals surface area (Å²) in [5.41, 5.74) is 1.23. The first-order valence-corrected chi connectivity index (χ1v) is 14.2. The molecule has 0 radical (unpaired) electrons. The molecule has 0 spiro atoms. The van der Waals surface area contributed by atoms with Gasteiger partial charge in [0.15, 0.2) is 5.16 Å². The second kappa shape index (κ2) is 11.0. The molecule has 1 amide bonds. The number of thiophene rings is 1. The Hall–Kier alpha value is -2.32. The molecular formula is C26H33N5OS2. The van der Waals surface area contributed by atoms with Gasteiger partial charge in [-0.2, -0.15) is 0 Å². The van der Waals surface area contributed by atoms with Gasteiger partial charge in [0.05, 0.1) is 5.25 Å². The number of nitrogens with zero attached hydrogens (tertiary/aromatic N) is 5. The molecule has 3 aromatic rings. The van der Waals surface area contributed by atoms with E-state index in [-0.39, 0.29) is 11.2 Å². The van der Waals surface area contributed by atoms with Gasteiger partial charge in [0.2, 0.25) is 5.91 Å². The molecule has 2 aliphatic rings. The molecule has 180 valence electrons. The van der Waals surface area contributed by atoms with Crippen LogP contribution < -0.4 is 4.90 Å². The van der Waals surface area contributed by atoms with Crippen molar-refractivity contribution >= 4 is 34.7 Å². The Balaban J connectivity index is 1.26. The summed E-state index contributed by atoms with van der Waals surface area (Å²) in [6, 6.07) is 15.2. The molecule has 6 nitrogen and oxygen atoms in total. The van der Waals surface area contributed by atoms with E-state index in [1.54, 1.807) is 23.1 Å². The van der Waals surface area contributed by atoms with Gasteiger partial charge in [-0.3, -0.25) is 4.79 Å². The molecule has 0 bridgehead atoms. The van der Waals surface area contributed by atoms with Gasteiger partial charge < -0.3 is 14.4 Å². The number of thioether (sulfide) groups is 1. The first-order valence-electron chi connectivity index (χ1n) is 12.4. The van der Waals surface area contributed by atoms with Gasteiger partial charge in [0.25, 0.3) is 0 Å². The molecule has 1 saturated carbocycles. The number of aromatic nitrogens is 3. The third-order valence-corrected chi connectivity index (χ3v) is 8.85. The van der Waals surface area contributed by atoms with Crippen LogP contribution in [0, 0.1) is 0 Å². The van der Waals surface area contributed by atoms with Gasteiger partial charge in [-0.15, -0.1) is 21.5 Å². The molecular weight excluding hydrogens is 462 g/mol. The van der Waals surface area contributed by atoms with Gasteiger partial charge in [-0.1, -0.05) is 55.3 Å². The average molecular weight is 496 g/mol. The summed E-state index contributed by atoms with van der Waals surface area (Å²) in [7, 11) is 0. The zero-order chi connectivity index (χ0) is 23.3. The van der Waals surface area contributed by atoms with Gasteiger partial charge in [-0.05, 0) is 43.3 Å². The van der Waals surface area contributed by atoms with E-state index >= 15 is 0 Å². The molecule has 5 rings (SSSR count). The van der Waals surface area contributed by atoms with Crippen molar-refractivity contribution in [1.82, 2.24) is 19.7 Å². The summed E-state index contributed by atoms with van der Waals surface area (Å²) in [6.45, 7) is 5.29. The lowest BCUT2D eigenvalue weighted by molar-refractivity contribution is -0.130. The van der Waals surface area contributed by atoms with Crippen molar-refractivity contribution in [2.24, 2.45) is 0 Å². The molecule has 1 aliphatic heterocycles. The molecule has 34 heavy (non-hydrogen) atoms. The van der Waals surface area contributed by atoms with Crippen LogP contribution >= 0.6 is 23.1 Å². The first-order chi connectivity index (χ1) is 16.7. The fourth-order valence-corrected chi connectivity index (χ4v) is 6.80. The van der Waals surface area contributed by atoms with Crippen LogP contribution in [0.1, 0.15) is 55.8 Å². The number of rotatable bonds is 7. The minimum atomic E-state index is -0.176. The van der Waals surface area contributed by atoms with E-state index in [1.165, 1.54) is 42.7 Å². The Morgan fingerprint density at radius 3 is 2.50 bits per heavy atom. The summed E-state index contributed by atoms with van der Waals surface area (Å²) in [5, 5.41) is 12.0. The van der Waals surface area contributed by atoms with Crippen molar-refractivity contribution in [1.29, 1.82) is 0 Å². The van der Waals surface area contributed by atoms with Crippen LogP contribution in [0.2, 0.25) is 0 Å². The topological polar surface area (TPSA) is 54.3 Å². The number of carbonyl (C=O) groups excluding carboxylic acids is 1. The van der Waals surface area contributed by atoms with Gasteiger partial charge in [0.1, 0.15) is 5.82 Å². The molecule has 0 N–H and O–H groups in total. The van der Waals surface area contributed by atoms with Crippen LogP contribution in [0.5, 0.6) is 0 Å². The molecule has 2 fully saturated rings. The number of para-hydroxylation sites is 1. The third-order valence-electron chi connectivity index (χ3n) is 6.93. The minimum absolute atomic E-state index is 0.176. The van der Waals surface area contributed by atoms with Crippen molar-refractivity contribution in [3.8, 4) is 0 Å². The lowest BCUT2D eigenvalue weighted by atomic mass is 9.95. The quantitative estimate of drug-likeness (QED) is 0.418. The monoisotopic (exact) mass is 495 g/mol. The fourth-order valence-electron chi connectivity index (χ4n) is 5.07. The largest absolute Gasteiger partial charge is 0.368 e. The number of carbonyl (C=O) groups is 1. The Kier molecular flexibility index (Phi) is 7.54. The molecule has 1 unspecified atom stereocenters. The number of anilines is 1. The number of hydrogen-bond acceptors (Lipinski definition) is 6. The standard InChI is InChI=1S/C26H33N5OS2/c1-20(25(32)30-16-14-29(15-17-30)21-9-4-2-5-10-21)34-26-28-27-24(19-23-13-8-18-33-23)31(26)22-11-6-3-7-12-22/h2,4-5,8-10,13,18,20,22H,3,6-7,11-12,14-17,19H2,1H3. The van der Waals surface area contributed by atoms with Crippen molar-refractivity contribution in [3.05, 3.63) is 58.5 Å². The highest BCUT2D eigenvalue weighted by Crippen LogP contribution is 2.35. The smallest absolute Gasteiger partial charge is 0.236 e. The second-order valence-electron chi connectivity index (χ2n) is 9.22. The van der Waals surface area contributed by atoms with Crippen LogP contribution in [0.3, 0.4) is 0 Å². The van der Waals surface area contributed by atoms with Crippen molar-refractivity contribution in [3.63, 3.8) is 0 Å². The third kappa shape index (κ3) is 5.33. The normalized spacial score (nSPS) is 18.3. The summed E-state index contributed by atoms with van der Waals surface area (Å²) >= 11 is 3.35. The highest BCUT2D eigenvalue weighted by atomic mass is 32.2. The molecule has 2 aromatic heterocycles. The van der Waals surface area contributed by atoms with E-state index < -0.39 is 0 Å². The zero-order valence-corrected chi connectivity index (χ0v) is 21.4. The molecule has 1 saturated heterocycles.